The average molecular weight is 185 g/mol. The van der Waals surface area contributed by atoms with Crippen LogP contribution >= 0.6 is 0 Å². The zero-order chi connectivity index (χ0) is 10.3. The van der Waals surface area contributed by atoms with E-state index in [0.29, 0.717) is 12.0 Å². The van der Waals surface area contributed by atoms with Gasteiger partial charge in [0.25, 0.3) is 0 Å². The average Bonchev–Trinajstić information content (AvgIpc) is 2.11. The summed E-state index contributed by atoms with van der Waals surface area (Å²) in [5, 5.41) is 0. The largest absolute Gasteiger partial charge is 0.328 e. The number of rotatable bonds is 7. The summed E-state index contributed by atoms with van der Waals surface area (Å²) in [6, 6.07) is 0.357. The molecule has 0 aromatic heterocycles. The predicted octanol–water partition coefficient (Wildman–Crippen LogP) is 3.58. The first kappa shape index (κ1) is 13.0. The molecule has 3 unspecified atom stereocenters. The van der Waals surface area contributed by atoms with Gasteiger partial charge < -0.3 is 5.73 Å². The maximum Gasteiger partial charge on any atom is 0.00362 e. The Hall–Kier alpha value is -0.0400. The number of nitrogens with two attached hydrogens (primary N) is 1. The van der Waals surface area contributed by atoms with Crippen molar-refractivity contribution < 1.29 is 0 Å². The van der Waals surface area contributed by atoms with Gasteiger partial charge in [-0.3, -0.25) is 0 Å². The van der Waals surface area contributed by atoms with Crippen molar-refractivity contribution in [2.24, 2.45) is 17.6 Å². The summed E-state index contributed by atoms with van der Waals surface area (Å²) in [4.78, 5) is 0. The third-order valence-corrected chi connectivity index (χ3v) is 3.15. The zero-order valence-corrected chi connectivity index (χ0v) is 9.84. The van der Waals surface area contributed by atoms with Crippen molar-refractivity contribution in [2.75, 3.05) is 0 Å². The molecule has 0 rings (SSSR count). The molecule has 3 atom stereocenters. The highest BCUT2D eigenvalue weighted by Gasteiger charge is 2.13. The molecular formula is C12H27N. The second kappa shape index (κ2) is 7.37. The lowest BCUT2D eigenvalue weighted by Crippen LogP contribution is -2.26. The lowest BCUT2D eigenvalue weighted by atomic mass is 9.87. The van der Waals surface area contributed by atoms with Crippen molar-refractivity contribution >= 4 is 0 Å². The molecule has 0 aliphatic carbocycles. The molecule has 0 fully saturated rings. The first-order valence-electron chi connectivity index (χ1n) is 5.87. The van der Waals surface area contributed by atoms with Crippen LogP contribution in [0.1, 0.15) is 59.8 Å². The Bertz CT molecular complexity index is 110. The molecule has 0 spiro atoms. The molecule has 0 saturated heterocycles. The van der Waals surface area contributed by atoms with Gasteiger partial charge >= 0.3 is 0 Å². The number of hydrogen-bond acceptors (Lipinski definition) is 1. The van der Waals surface area contributed by atoms with E-state index in [4.69, 9.17) is 5.73 Å². The fourth-order valence-electron chi connectivity index (χ4n) is 1.72. The number of unbranched alkanes of at least 4 members (excludes halogenated alkanes) is 1. The third-order valence-electron chi connectivity index (χ3n) is 3.15. The summed E-state index contributed by atoms with van der Waals surface area (Å²) in [5.41, 5.74) is 5.87. The Morgan fingerprint density at radius 3 is 2.15 bits per heavy atom. The summed E-state index contributed by atoms with van der Waals surface area (Å²) in [5.74, 6) is 1.59. The van der Waals surface area contributed by atoms with E-state index in [9.17, 15) is 0 Å². The van der Waals surface area contributed by atoms with Crippen molar-refractivity contribution in [1.29, 1.82) is 0 Å². The summed E-state index contributed by atoms with van der Waals surface area (Å²) in [6.45, 7) is 8.96. The molecule has 0 radical (unpaired) electrons. The van der Waals surface area contributed by atoms with Crippen molar-refractivity contribution in [3.05, 3.63) is 0 Å². The second-order valence-corrected chi connectivity index (χ2v) is 4.49. The van der Waals surface area contributed by atoms with Gasteiger partial charge in [-0.25, -0.2) is 0 Å². The maximum atomic E-state index is 5.87. The zero-order valence-electron chi connectivity index (χ0n) is 9.84. The van der Waals surface area contributed by atoms with Crippen LogP contribution in [0.4, 0.5) is 0 Å². The molecule has 0 aromatic carbocycles. The first-order valence-corrected chi connectivity index (χ1v) is 5.87. The SMILES string of the molecule is CCCCC(CC)CC(C)C(C)N. The van der Waals surface area contributed by atoms with Crippen molar-refractivity contribution in [1.82, 2.24) is 0 Å². The Kier molecular flexibility index (Phi) is 7.35. The summed E-state index contributed by atoms with van der Waals surface area (Å²) < 4.78 is 0. The number of hydrogen-bond donors (Lipinski definition) is 1. The van der Waals surface area contributed by atoms with Crippen LogP contribution < -0.4 is 5.73 Å². The molecule has 0 heterocycles. The highest BCUT2D eigenvalue weighted by Crippen LogP contribution is 2.22. The minimum absolute atomic E-state index is 0.357. The van der Waals surface area contributed by atoms with Crippen LogP contribution in [0.15, 0.2) is 0 Å². The van der Waals surface area contributed by atoms with Gasteiger partial charge in [-0.05, 0) is 25.2 Å². The van der Waals surface area contributed by atoms with Gasteiger partial charge in [0.2, 0.25) is 0 Å². The van der Waals surface area contributed by atoms with E-state index < -0.39 is 0 Å². The molecule has 0 aliphatic heterocycles. The van der Waals surface area contributed by atoms with E-state index in [1.807, 2.05) is 0 Å². The summed E-state index contributed by atoms with van der Waals surface area (Å²) in [7, 11) is 0. The molecule has 0 amide bonds. The topological polar surface area (TPSA) is 26.0 Å². The molecule has 1 nitrogen and oxygen atoms in total. The van der Waals surface area contributed by atoms with Crippen molar-refractivity contribution in [2.45, 2.75) is 65.8 Å². The summed E-state index contributed by atoms with van der Waals surface area (Å²) in [6.07, 6.45) is 6.72. The van der Waals surface area contributed by atoms with Gasteiger partial charge in [0.1, 0.15) is 0 Å². The highest BCUT2D eigenvalue weighted by molar-refractivity contribution is 4.68. The molecule has 13 heavy (non-hydrogen) atoms. The van der Waals surface area contributed by atoms with Crippen LogP contribution in [-0.4, -0.2) is 6.04 Å². The first-order chi connectivity index (χ1) is 6.11. The highest BCUT2D eigenvalue weighted by atomic mass is 14.6. The fourth-order valence-corrected chi connectivity index (χ4v) is 1.72. The minimum Gasteiger partial charge on any atom is -0.328 e. The van der Waals surface area contributed by atoms with E-state index in [2.05, 4.69) is 27.7 Å². The van der Waals surface area contributed by atoms with Gasteiger partial charge in [-0.2, -0.15) is 0 Å². The molecule has 80 valence electrons. The van der Waals surface area contributed by atoms with Crippen LogP contribution in [0.3, 0.4) is 0 Å². The molecule has 0 bridgehead atoms. The van der Waals surface area contributed by atoms with Crippen LogP contribution in [-0.2, 0) is 0 Å². The third kappa shape index (κ3) is 6.09. The van der Waals surface area contributed by atoms with Gasteiger partial charge in [0.15, 0.2) is 0 Å². The second-order valence-electron chi connectivity index (χ2n) is 4.49. The van der Waals surface area contributed by atoms with Crippen molar-refractivity contribution in [3.8, 4) is 0 Å². The monoisotopic (exact) mass is 185 g/mol. The van der Waals surface area contributed by atoms with Crippen LogP contribution in [0.25, 0.3) is 0 Å². The van der Waals surface area contributed by atoms with Gasteiger partial charge in [-0.1, -0.05) is 46.5 Å². The Morgan fingerprint density at radius 2 is 1.77 bits per heavy atom. The van der Waals surface area contributed by atoms with Crippen molar-refractivity contribution in [3.63, 3.8) is 0 Å². The van der Waals surface area contributed by atoms with Gasteiger partial charge in [-0.15, -0.1) is 0 Å². The van der Waals surface area contributed by atoms with E-state index in [-0.39, 0.29) is 0 Å². The maximum absolute atomic E-state index is 5.87. The normalized spacial score (nSPS) is 18.2. The summed E-state index contributed by atoms with van der Waals surface area (Å²) >= 11 is 0. The molecular weight excluding hydrogens is 158 g/mol. The quantitative estimate of drug-likeness (QED) is 0.644. The van der Waals surface area contributed by atoms with E-state index in [0.717, 1.165) is 5.92 Å². The smallest absolute Gasteiger partial charge is 0.00362 e. The lowest BCUT2D eigenvalue weighted by molar-refractivity contribution is 0.325. The fraction of sp³-hybridized carbons (Fsp3) is 1.00. The molecule has 2 N–H and O–H groups in total. The lowest BCUT2D eigenvalue weighted by Gasteiger charge is -2.22. The van der Waals surface area contributed by atoms with Crippen LogP contribution in [0, 0.1) is 11.8 Å². The van der Waals surface area contributed by atoms with Gasteiger partial charge in [0.05, 0.1) is 0 Å². The van der Waals surface area contributed by atoms with E-state index in [1.165, 1.54) is 32.1 Å². The minimum atomic E-state index is 0.357. The standard InChI is InChI=1S/C12H27N/c1-5-7-8-12(6-2)9-10(3)11(4)13/h10-12H,5-9,13H2,1-4H3. The van der Waals surface area contributed by atoms with Crippen LogP contribution in [0.5, 0.6) is 0 Å². The molecule has 0 aromatic rings. The van der Waals surface area contributed by atoms with E-state index in [1.54, 1.807) is 0 Å². The van der Waals surface area contributed by atoms with Crippen LogP contribution in [0.2, 0.25) is 0 Å². The Labute approximate surface area is 84.1 Å². The predicted molar refractivity (Wildman–Crippen MR) is 60.7 cm³/mol. The molecule has 0 saturated carbocycles. The molecule has 1 heteroatoms. The van der Waals surface area contributed by atoms with E-state index >= 15 is 0 Å². The Morgan fingerprint density at radius 1 is 1.15 bits per heavy atom. The molecule has 0 aliphatic rings. The van der Waals surface area contributed by atoms with Gasteiger partial charge in [0, 0.05) is 6.04 Å². The Balaban J connectivity index is 3.69.